The first-order chi connectivity index (χ1) is 12.2. The maximum absolute atomic E-state index is 12.7. The molecule has 0 spiro atoms. The summed E-state index contributed by atoms with van der Waals surface area (Å²) < 4.78 is 0. The number of fused-ring (bicyclic) bond motifs is 1. The topological polar surface area (TPSA) is 82.1 Å². The Morgan fingerprint density at radius 2 is 2.16 bits per heavy atom. The van der Waals surface area contributed by atoms with Crippen molar-refractivity contribution in [3.63, 3.8) is 0 Å². The summed E-state index contributed by atoms with van der Waals surface area (Å²) in [7, 11) is 0. The zero-order valence-electron chi connectivity index (χ0n) is 14.3. The number of hydrogen-bond acceptors (Lipinski definition) is 4. The second kappa shape index (κ2) is 6.96. The fraction of sp³-hybridized carbons (Fsp3) is 0.526. The third-order valence-corrected chi connectivity index (χ3v) is 5.43. The van der Waals surface area contributed by atoms with Gasteiger partial charge in [0.1, 0.15) is 11.9 Å². The molecule has 0 aromatic carbocycles. The molecule has 0 bridgehead atoms. The summed E-state index contributed by atoms with van der Waals surface area (Å²) in [5, 5.41) is 10.5. The van der Waals surface area contributed by atoms with Crippen LogP contribution in [0.15, 0.2) is 24.5 Å². The first-order valence-electron chi connectivity index (χ1n) is 9.17. The monoisotopic (exact) mass is 340 g/mol. The number of pyridine rings is 1. The zero-order valence-corrected chi connectivity index (χ0v) is 14.3. The van der Waals surface area contributed by atoms with E-state index in [0.29, 0.717) is 13.1 Å². The average molecular weight is 340 g/mol. The quantitative estimate of drug-likeness (QED) is 0.898. The molecular formula is C19H24N4O2. The van der Waals surface area contributed by atoms with Crippen LogP contribution < -0.4 is 0 Å². The highest BCUT2D eigenvalue weighted by Gasteiger charge is 2.33. The fourth-order valence-corrected chi connectivity index (χ4v) is 3.96. The van der Waals surface area contributed by atoms with Crippen molar-refractivity contribution in [2.45, 2.75) is 51.2 Å². The molecule has 3 heterocycles. The molecule has 2 N–H and O–H groups in total. The van der Waals surface area contributed by atoms with Crippen LogP contribution in [0.25, 0.3) is 11.4 Å². The van der Waals surface area contributed by atoms with Gasteiger partial charge < -0.3 is 15.0 Å². The van der Waals surface area contributed by atoms with Crippen LogP contribution in [0.5, 0.6) is 0 Å². The molecule has 1 atom stereocenters. The van der Waals surface area contributed by atoms with Crippen LogP contribution in [0.1, 0.15) is 43.5 Å². The molecular weight excluding hydrogens is 316 g/mol. The van der Waals surface area contributed by atoms with E-state index >= 15 is 0 Å². The number of nitrogens with one attached hydrogen (secondary N) is 1. The van der Waals surface area contributed by atoms with Gasteiger partial charge in [0.2, 0.25) is 0 Å². The molecule has 0 unspecified atom stereocenters. The lowest BCUT2D eigenvalue weighted by atomic mass is 9.84. The number of aliphatic hydroxyl groups excluding tert-OH is 1. The van der Waals surface area contributed by atoms with Gasteiger partial charge in [0.15, 0.2) is 0 Å². The van der Waals surface area contributed by atoms with Crippen LogP contribution in [-0.4, -0.2) is 43.5 Å². The number of imidazole rings is 1. The average Bonchev–Trinajstić information content (AvgIpc) is 3.11. The molecule has 1 aliphatic carbocycles. The van der Waals surface area contributed by atoms with Gasteiger partial charge in [0, 0.05) is 30.9 Å². The van der Waals surface area contributed by atoms with Crippen molar-refractivity contribution in [2.75, 3.05) is 6.54 Å². The van der Waals surface area contributed by atoms with Crippen LogP contribution >= 0.6 is 0 Å². The fourth-order valence-electron chi connectivity index (χ4n) is 3.96. The Hall–Kier alpha value is -2.21. The molecule has 0 radical (unpaired) electrons. The summed E-state index contributed by atoms with van der Waals surface area (Å²) in [4.78, 5) is 26.6. The van der Waals surface area contributed by atoms with Gasteiger partial charge in [-0.1, -0.05) is 19.3 Å². The second-order valence-corrected chi connectivity index (χ2v) is 7.11. The summed E-state index contributed by atoms with van der Waals surface area (Å²) in [5.74, 6) is 0.783. The lowest BCUT2D eigenvalue weighted by Gasteiger charge is -2.32. The molecule has 6 heteroatoms. The number of carbonyl (C=O) groups excluding carboxylic acids is 1. The molecule has 1 saturated carbocycles. The predicted octanol–water partition coefficient (Wildman–Crippen LogP) is 2.30. The Balaban J connectivity index is 1.47. The first-order valence-corrected chi connectivity index (χ1v) is 9.17. The Morgan fingerprint density at radius 1 is 1.32 bits per heavy atom. The molecule has 0 saturated heterocycles. The standard InChI is InChI=1S/C19H24N4O2/c24-17(13-5-2-1-3-6-13)19(25)23-10-8-15-16(12-23)22-18(21-15)14-7-4-9-20-11-14/h4,7,9,11,13,17,24H,1-3,5-6,8,10,12H2,(H,21,22)/t17-/m1/s1. The summed E-state index contributed by atoms with van der Waals surface area (Å²) in [5.41, 5.74) is 2.92. The third-order valence-electron chi connectivity index (χ3n) is 5.43. The number of amides is 1. The van der Waals surface area contributed by atoms with E-state index in [1.165, 1.54) is 6.42 Å². The molecule has 1 fully saturated rings. The zero-order chi connectivity index (χ0) is 17.2. The Morgan fingerprint density at radius 3 is 2.92 bits per heavy atom. The predicted molar refractivity (Wildman–Crippen MR) is 93.5 cm³/mol. The van der Waals surface area contributed by atoms with Crippen LogP contribution in [-0.2, 0) is 17.8 Å². The van der Waals surface area contributed by atoms with Crippen LogP contribution in [0, 0.1) is 5.92 Å². The van der Waals surface area contributed by atoms with E-state index in [2.05, 4.69) is 15.0 Å². The minimum atomic E-state index is -0.859. The highest BCUT2D eigenvalue weighted by molar-refractivity contribution is 5.81. The maximum atomic E-state index is 12.7. The van der Waals surface area contributed by atoms with Crippen molar-refractivity contribution >= 4 is 5.91 Å². The van der Waals surface area contributed by atoms with Gasteiger partial charge in [-0.05, 0) is 30.9 Å². The maximum Gasteiger partial charge on any atom is 0.252 e. The van der Waals surface area contributed by atoms with E-state index in [4.69, 9.17) is 0 Å². The van der Waals surface area contributed by atoms with Gasteiger partial charge in [-0.2, -0.15) is 0 Å². The number of aromatic nitrogens is 3. The molecule has 2 aromatic heterocycles. The number of carbonyl (C=O) groups is 1. The summed E-state index contributed by atoms with van der Waals surface area (Å²) in [6, 6.07) is 3.85. The molecule has 1 aliphatic heterocycles. The number of H-pyrrole nitrogens is 1. The number of aromatic amines is 1. The van der Waals surface area contributed by atoms with Crippen LogP contribution in [0.3, 0.4) is 0 Å². The molecule has 25 heavy (non-hydrogen) atoms. The first kappa shape index (κ1) is 16.3. The van der Waals surface area contributed by atoms with Crippen molar-refractivity contribution < 1.29 is 9.90 Å². The number of aliphatic hydroxyl groups is 1. The normalized spacial score (nSPS) is 19.5. The minimum Gasteiger partial charge on any atom is -0.383 e. The SMILES string of the molecule is O=C([C@H](O)C1CCCCC1)N1CCc2nc(-c3cccnc3)[nH]c2C1. The van der Waals surface area contributed by atoms with Crippen LogP contribution in [0.4, 0.5) is 0 Å². The molecule has 2 aromatic rings. The van der Waals surface area contributed by atoms with Gasteiger partial charge in [0.05, 0.1) is 17.9 Å². The largest absolute Gasteiger partial charge is 0.383 e. The number of rotatable bonds is 3. The van der Waals surface area contributed by atoms with Crippen molar-refractivity contribution in [1.82, 2.24) is 19.9 Å². The molecule has 4 rings (SSSR count). The van der Waals surface area contributed by atoms with Crippen molar-refractivity contribution in [3.05, 3.63) is 35.9 Å². The van der Waals surface area contributed by atoms with Crippen molar-refractivity contribution in [3.8, 4) is 11.4 Å². The lowest BCUT2D eigenvalue weighted by molar-refractivity contribution is -0.144. The van der Waals surface area contributed by atoms with Gasteiger partial charge in [-0.15, -0.1) is 0 Å². The number of hydrogen-bond donors (Lipinski definition) is 2. The van der Waals surface area contributed by atoms with Gasteiger partial charge in [-0.25, -0.2) is 4.98 Å². The van der Waals surface area contributed by atoms with E-state index in [1.807, 2.05) is 12.1 Å². The smallest absolute Gasteiger partial charge is 0.252 e. The summed E-state index contributed by atoms with van der Waals surface area (Å²) in [6.07, 6.45) is 8.75. The van der Waals surface area contributed by atoms with E-state index in [0.717, 1.165) is 54.9 Å². The highest BCUT2D eigenvalue weighted by Crippen LogP contribution is 2.29. The Kier molecular flexibility index (Phi) is 4.53. The van der Waals surface area contributed by atoms with E-state index in [1.54, 1.807) is 17.3 Å². The minimum absolute atomic E-state index is 0.121. The van der Waals surface area contributed by atoms with Gasteiger partial charge >= 0.3 is 0 Å². The van der Waals surface area contributed by atoms with Gasteiger partial charge in [0.25, 0.3) is 5.91 Å². The molecule has 6 nitrogen and oxygen atoms in total. The molecule has 1 amide bonds. The Bertz CT molecular complexity index is 737. The van der Waals surface area contributed by atoms with Crippen LogP contribution in [0.2, 0.25) is 0 Å². The van der Waals surface area contributed by atoms with Crippen molar-refractivity contribution in [2.24, 2.45) is 5.92 Å². The molecule has 132 valence electrons. The Labute approximate surface area is 147 Å². The lowest BCUT2D eigenvalue weighted by Crippen LogP contribution is -2.45. The second-order valence-electron chi connectivity index (χ2n) is 7.11. The van der Waals surface area contributed by atoms with E-state index in [-0.39, 0.29) is 11.8 Å². The van der Waals surface area contributed by atoms with Gasteiger partial charge in [-0.3, -0.25) is 9.78 Å². The third kappa shape index (κ3) is 3.31. The molecule has 2 aliphatic rings. The highest BCUT2D eigenvalue weighted by atomic mass is 16.3. The van der Waals surface area contributed by atoms with E-state index in [9.17, 15) is 9.90 Å². The number of nitrogens with zero attached hydrogens (tertiary/aromatic N) is 3. The van der Waals surface area contributed by atoms with E-state index < -0.39 is 6.10 Å². The van der Waals surface area contributed by atoms with Crippen molar-refractivity contribution in [1.29, 1.82) is 0 Å². The summed E-state index contributed by atoms with van der Waals surface area (Å²) >= 11 is 0. The summed E-state index contributed by atoms with van der Waals surface area (Å²) in [6.45, 7) is 1.11.